The predicted octanol–water partition coefficient (Wildman–Crippen LogP) is 2.94. The van der Waals surface area contributed by atoms with Crippen LogP contribution in [0.25, 0.3) is 10.9 Å². The SMILES string of the molecule is O=C(CCNc1ccnc2c(Br)cccc12)N1CCN(c2ncccn2)CC1. The molecule has 1 fully saturated rings. The molecule has 1 saturated heterocycles. The van der Waals surface area contributed by atoms with Crippen LogP contribution in [0.15, 0.2) is 53.4 Å². The summed E-state index contributed by atoms with van der Waals surface area (Å²) in [4.78, 5) is 29.6. The molecule has 144 valence electrons. The van der Waals surface area contributed by atoms with E-state index in [-0.39, 0.29) is 5.91 Å². The number of pyridine rings is 1. The Labute approximate surface area is 171 Å². The smallest absolute Gasteiger partial charge is 0.225 e. The largest absolute Gasteiger partial charge is 0.384 e. The number of piperazine rings is 1. The average molecular weight is 441 g/mol. The molecule has 4 rings (SSSR count). The lowest BCUT2D eigenvalue weighted by atomic mass is 10.2. The van der Waals surface area contributed by atoms with Crippen LogP contribution in [0.3, 0.4) is 0 Å². The van der Waals surface area contributed by atoms with Gasteiger partial charge in [0.1, 0.15) is 0 Å². The second-order valence-electron chi connectivity index (χ2n) is 6.59. The molecule has 7 nitrogen and oxygen atoms in total. The Morgan fingerprint density at radius 2 is 1.79 bits per heavy atom. The molecule has 0 saturated carbocycles. The number of rotatable bonds is 5. The Kier molecular flexibility index (Phi) is 5.66. The van der Waals surface area contributed by atoms with Crippen LogP contribution in [0.2, 0.25) is 0 Å². The van der Waals surface area contributed by atoms with Crippen LogP contribution in [0.4, 0.5) is 11.6 Å². The van der Waals surface area contributed by atoms with Crippen LogP contribution in [-0.2, 0) is 4.79 Å². The van der Waals surface area contributed by atoms with E-state index in [0.717, 1.165) is 40.1 Å². The van der Waals surface area contributed by atoms with Gasteiger partial charge in [-0.15, -0.1) is 0 Å². The monoisotopic (exact) mass is 440 g/mol. The third kappa shape index (κ3) is 4.06. The predicted molar refractivity (Wildman–Crippen MR) is 113 cm³/mol. The summed E-state index contributed by atoms with van der Waals surface area (Å²) in [5, 5.41) is 4.42. The Morgan fingerprint density at radius 3 is 2.57 bits per heavy atom. The molecule has 8 heteroatoms. The molecule has 3 aromatic rings. The first-order valence-electron chi connectivity index (χ1n) is 9.29. The number of aromatic nitrogens is 3. The summed E-state index contributed by atoms with van der Waals surface area (Å²) in [5.74, 6) is 0.896. The van der Waals surface area contributed by atoms with E-state index in [9.17, 15) is 4.79 Å². The zero-order chi connectivity index (χ0) is 19.3. The molecule has 1 aromatic carbocycles. The first kappa shape index (κ1) is 18.6. The number of hydrogen-bond donors (Lipinski definition) is 1. The van der Waals surface area contributed by atoms with E-state index >= 15 is 0 Å². The van der Waals surface area contributed by atoms with Gasteiger partial charge < -0.3 is 15.1 Å². The second kappa shape index (κ2) is 8.52. The van der Waals surface area contributed by atoms with E-state index in [1.165, 1.54) is 0 Å². The lowest BCUT2D eigenvalue weighted by Crippen LogP contribution is -2.49. The summed E-state index contributed by atoms with van der Waals surface area (Å²) >= 11 is 3.53. The number of benzene rings is 1. The summed E-state index contributed by atoms with van der Waals surface area (Å²) in [6.07, 6.45) is 5.72. The van der Waals surface area contributed by atoms with E-state index < -0.39 is 0 Å². The van der Waals surface area contributed by atoms with E-state index in [0.29, 0.717) is 26.1 Å². The quantitative estimate of drug-likeness (QED) is 0.657. The average Bonchev–Trinajstić information content (AvgIpc) is 2.75. The van der Waals surface area contributed by atoms with Gasteiger partial charge in [-0.2, -0.15) is 0 Å². The van der Waals surface area contributed by atoms with Gasteiger partial charge in [0.15, 0.2) is 0 Å². The maximum absolute atomic E-state index is 12.6. The third-order valence-corrected chi connectivity index (χ3v) is 5.48. The van der Waals surface area contributed by atoms with Crippen molar-refractivity contribution < 1.29 is 4.79 Å². The number of nitrogens with zero attached hydrogens (tertiary/aromatic N) is 5. The topological polar surface area (TPSA) is 74.2 Å². The van der Waals surface area contributed by atoms with Gasteiger partial charge in [0.25, 0.3) is 0 Å². The fourth-order valence-electron chi connectivity index (χ4n) is 3.37. The minimum atomic E-state index is 0.167. The highest BCUT2D eigenvalue weighted by molar-refractivity contribution is 9.10. The number of fused-ring (bicyclic) bond motifs is 1. The van der Waals surface area contributed by atoms with Crippen LogP contribution in [0.5, 0.6) is 0 Å². The normalized spacial score (nSPS) is 14.3. The van der Waals surface area contributed by atoms with Crippen LogP contribution in [0.1, 0.15) is 6.42 Å². The zero-order valence-corrected chi connectivity index (χ0v) is 17.0. The van der Waals surface area contributed by atoms with Crippen LogP contribution >= 0.6 is 15.9 Å². The van der Waals surface area contributed by atoms with Gasteiger partial charge in [-0.3, -0.25) is 9.78 Å². The van der Waals surface area contributed by atoms with Gasteiger partial charge in [-0.1, -0.05) is 12.1 Å². The van der Waals surface area contributed by atoms with Crippen LogP contribution in [0, 0.1) is 0 Å². The number of nitrogens with one attached hydrogen (secondary N) is 1. The zero-order valence-electron chi connectivity index (χ0n) is 15.4. The number of halogens is 1. The van der Waals surface area contributed by atoms with Gasteiger partial charge in [0, 0.05) is 73.3 Å². The number of anilines is 2. The van der Waals surface area contributed by atoms with Crippen molar-refractivity contribution in [1.29, 1.82) is 0 Å². The fourth-order valence-corrected chi connectivity index (χ4v) is 3.84. The van der Waals surface area contributed by atoms with Crippen molar-refractivity contribution in [2.24, 2.45) is 0 Å². The van der Waals surface area contributed by atoms with E-state index in [1.54, 1.807) is 24.7 Å². The maximum Gasteiger partial charge on any atom is 0.225 e. The molecule has 3 heterocycles. The summed E-state index contributed by atoms with van der Waals surface area (Å²) in [6.45, 7) is 3.50. The third-order valence-electron chi connectivity index (χ3n) is 4.84. The molecule has 0 atom stereocenters. The number of hydrogen-bond acceptors (Lipinski definition) is 6. The van der Waals surface area contributed by atoms with E-state index in [2.05, 4.69) is 41.1 Å². The Bertz CT molecular complexity index is 959. The minimum absolute atomic E-state index is 0.167. The van der Waals surface area contributed by atoms with Crippen molar-refractivity contribution in [3.05, 3.63) is 53.4 Å². The molecule has 0 aliphatic carbocycles. The van der Waals surface area contributed by atoms with E-state index in [4.69, 9.17) is 0 Å². The number of carbonyl (C=O) groups is 1. The van der Waals surface area contributed by atoms with E-state index in [1.807, 2.05) is 29.2 Å². The number of para-hydroxylation sites is 1. The van der Waals surface area contributed by atoms with Crippen molar-refractivity contribution in [1.82, 2.24) is 19.9 Å². The molecule has 0 spiro atoms. The highest BCUT2D eigenvalue weighted by atomic mass is 79.9. The van der Waals surface area contributed by atoms with Crippen molar-refractivity contribution in [2.75, 3.05) is 42.9 Å². The molecule has 1 N–H and O–H groups in total. The Balaban J connectivity index is 1.29. The fraction of sp³-hybridized carbons (Fsp3) is 0.300. The summed E-state index contributed by atoms with van der Waals surface area (Å²) in [5.41, 5.74) is 1.91. The number of carbonyl (C=O) groups excluding carboxylic acids is 1. The lowest BCUT2D eigenvalue weighted by Gasteiger charge is -2.34. The number of amides is 1. The van der Waals surface area contributed by atoms with Gasteiger partial charge in [-0.05, 0) is 34.1 Å². The second-order valence-corrected chi connectivity index (χ2v) is 7.44. The molecule has 0 bridgehead atoms. The molecule has 0 unspecified atom stereocenters. The first-order valence-corrected chi connectivity index (χ1v) is 10.1. The van der Waals surface area contributed by atoms with Crippen LogP contribution < -0.4 is 10.2 Å². The standard InChI is InChI=1S/C20H21BrN6O/c21-16-4-1-3-15-17(5-9-23-19(15)16)22-10-6-18(28)26-11-13-27(14-12-26)20-24-7-2-8-25-20/h1-5,7-9H,6,10-14H2,(H,22,23). The molecular weight excluding hydrogens is 420 g/mol. The molecule has 0 radical (unpaired) electrons. The highest BCUT2D eigenvalue weighted by Crippen LogP contribution is 2.27. The minimum Gasteiger partial charge on any atom is -0.384 e. The molecule has 1 amide bonds. The van der Waals surface area contributed by atoms with Crippen molar-refractivity contribution in [3.8, 4) is 0 Å². The Morgan fingerprint density at radius 1 is 1.00 bits per heavy atom. The highest BCUT2D eigenvalue weighted by Gasteiger charge is 2.22. The van der Waals surface area contributed by atoms with Gasteiger partial charge >= 0.3 is 0 Å². The van der Waals surface area contributed by atoms with Gasteiger partial charge in [0.05, 0.1) is 5.52 Å². The molecule has 28 heavy (non-hydrogen) atoms. The molecule has 1 aliphatic heterocycles. The Hall–Kier alpha value is -2.74. The first-order chi connectivity index (χ1) is 13.7. The van der Waals surface area contributed by atoms with Crippen molar-refractivity contribution in [3.63, 3.8) is 0 Å². The van der Waals surface area contributed by atoms with Gasteiger partial charge in [-0.25, -0.2) is 9.97 Å². The van der Waals surface area contributed by atoms with Gasteiger partial charge in [0.2, 0.25) is 11.9 Å². The van der Waals surface area contributed by atoms with Crippen LogP contribution in [-0.4, -0.2) is 58.5 Å². The molecule has 1 aliphatic rings. The lowest BCUT2D eigenvalue weighted by molar-refractivity contribution is -0.131. The maximum atomic E-state index is 12.6. The van der Waals surface area contributed by atoms with Crippen molar-refractivity contribution in [2.45, 2.75) is 6.42 Å². The van der Waals surface area contributed by atoms with Crippen molar-refractivity contribution >= 4 is 44.4 Å². The summed E-state index contributed by atoms with van der Waals surface area (Å²) in [7, 11) is 0. The molecule has 2 aromatic heterocycles. The summed E-state index contributed by atoms with van der Waals surface area (Å²) in [6, 6.07) is 9.74. The summed E-state index contributed by atoms with van der Waals surface area (Å²) < 4.78 is 0.963. The molecular formula is C20H21BrN6O.